The summed E-state index contributed by atoms with van der Waals surface area (Å²) >= 11 is 3.29. The summed E-state index contributed by atoms with van der Waals surface area (Å²) in [5, 5.41) is 16.8. The number of hydrogen-bond donors (Lipinski definition) is 3. The molecular weight excluding hydrogens is 506 g/mol. The lowest BCUT2D eigenvalue weighted by Crippen LogP contribution is -2.71. The molecule has 0 spiro atoms. The number of fused-ring (bicyclic) bond motifs is 1. The van der Waals surface area contributed by atoms with E-state index in [0.717, 1.165) is 28.0 Å². The highest BCUT2D eigenvalue weighted by atomic mass is 32.2. The van der Waals surface area contributed by atoms with Crippen molar-refractivity contribution < 1.29 is 33.5 Å². The van der Waals surface area contributed by atoms with E-state index in [1.165, 1.54) is 36.6 Å². The largest absolute Gasteiger partial charge is 0.477 e. The molecule has 34 heavy (non-hydrogen) atoms. The Balaban J connectivity index is 1.47. The zero-order chi connectivity index (χ0) is 24.4. The number of anilines is 1. The number of amides is 2. The van der Waals surface area contributed by atoms with Crippen molar-refractivity contribution in [2.24, 2.45) is 5.16 Å². The van der Waals surface area contributed by atoms with E-state index in [9.17, 15) is 24.3 Å². The summed E-state index contributed by atoms with van der Waals surface area (Å²) < 4.78 is 5.05. The molecule has 0 aromatic carbocycles. The van der Waals surface area contributed by atoms with Gasteiger partial charge in [-0.25, -0.2) is 9.78 Å². The van der Waals surface area contributed by atoms with Crippen molar-refractivity contribution in [3.63, 3.8) is 0 Å². The molecule has 4 N–H and O–H groups in total. The van der Waals surface area contributed by atoms with Crippen molar-refractivity contribution in [3.05, 3.63) is 46.5 Å². The lowest BCUT2D eigenvalue weighted by molar-refractivity contribution is -0.150. The van der Waals surface area contributed by atoms with E-state index in [1.807, 2.05) is 0 Å². The third-order valence-corrected chi connectivity index (χ3v) is 7.77. The third-order valence-electron chi connectivity index (χ3n) is 4.80. The maximum absolute atomic E-state index is 12.8. The average Bonchev–Trinajstić information content (AvgIpc) is 3.50. The monoisotopic (exact) mass is 523 g/mol. The molecule has 4 rings (SSSR count). The van der Waals surface area contributed by atoms with E-state index in [-0.39, 0.29) is 44.6 Å². The molecule has 12 nitrogen and oxygen atoms in total. The number of nitrogens with one attached hydrogen (secondary N) is 1. The molecule has 0 radical (unpaired) electrons. The van der Waals surface area contributed by atoms with Gasteiger partial charge in [0, 0.05) is 16.9 Å². The maximum atomic E-state index is 12.8. The summed E-state index contributed by atoms with van der Waals surface area (Å²) in [6.07, 6.45) is 1.37. The van der Waals surface area contributed by atoms with Gasteiger partial charge in [-0.3, -0.25) is 19.3 Å². The van der Waals surface area contributed by atoms with Crippen LogP contribution in [0.4, 0.5) is 5.13 Å². The first-order chi connectivity index (χ1) is 16.3. The summed E-state index contributed by atoms with van der Waals surface area (Å²) in [5.41, 5.74) is 5.89. The van der Waals surface area contributed by atoms with Crippen LogP contribution in [0.3, 0.4) is 0 Å². The van der Waals surface area contributed by atoms with Gasteiger partial charge in [0.1, 0.15) is 29.9 Å². The quantitative estimate of drug-likeness (QED) is 0.255. The number of nitrogens with zero attached hydrogens (tertiary/aromatic N) is 3. The molecule has 0 saturated carbocycles. The summed E-state index contributed by atoms with van der Waals surface area (Å²) in [4.78, 5) is 59.6. The minimum atomic E-state index is -1.29. The highest BCUT2D eigenvalue weighted by Crippen LogP contribution is 2.41. The fourth-order valence-corrected chi connectivity index (χ4v) is 6.14. The number of thiazole rings is 1. The molecule has 2 atom stereocenters. The van der Waals surface area contributed by atoms with Crippen LogP contribution in [0.5, 0.6) is 0 Å². The van der Waals surface area contributed by atoms with Gasteiger partial charge in [-0.1, -0.05) is 16.9 Å². The number of furan rings is 1. The minimum absolute atomic E-state index is 0.0809. The second-order valence-corrected chi connectivity index (χ2v) is 9.81. The lowest BCUT2D eigenvalue weighted by Gasteiger charge is -2.49. The van der Waals surface area contributed by atoms with Gasteiger partial charge in [-0.15, -0.1) is 23.1 Å². The number of aliphatic carboxylic acids is 1. The number of carboxylic acid groups (broad SMARTS) is 1. The second-order valence-electron chi connectivity index (χ2n) is 6.87. The van der Waals surface area contributed by atoms with E-state index in [4.69, 9.17) is 15.0 Å². The number of hydrogen-bond acceptors (Lipinski definition) is 12. The fraction of sp³-hybridized carbons (Fsp3) is 0.263. The SMILES string of the molecule is CO/N=C(/C(=O)NC1C(=O)N2C(C(=O)O)=C(CSC(=O)c3ccco3)CSC12)c1csc(N)n1. The Labute approximate surface area is 204 Å². The Kier molecular flexibility index (Phi) is 6.95. The van der Waals surface area contributed by atoms with Crippen LogP contribution in [0.15, 0.2) is 44.6 Å². The van der Waals surface area contributed by atoms with Crippen molar-refractivity contribution in [2.75, 3.05) is 24.3 Å². The molecule has 0 bridgehead atoms. The topological polar surface area (TPSA) is 177 Å². The normalized spacial score (nSPS) is 20.0. The number of carbonyl (C=O) groups is 4. The van der Waals surface area contributed by atoms with E-state index in [1.54, 1.807) is 6.07 Å². The maximum Gasteiger partial charge on any atom is 0.352 e. The van der Waals surface area contributed by atoms with Gasteiger partial charge in [0.05, 0.1) is 6.26 Å². The van der Waals surface area contributed by atoms with Gasteiger partial charge in [0.2, 0.25) is 0 Å². The Morgan fingerprint density at radius 1 is 1.47 bits per heavy atom. The fourth-order valence-electron chi connectivity index (χ4n) is 3.31. The van der Waals surface area contributed by atoms with Crippen LogP contribution in [0.25, 0.3) is 0 Å². The lowest BCUT2D eigenvalue weighted by atomic mass is 10.0. The number of aromatic nitrogens is 1. The van der Waals surface area contributed by atoms with Crippen LogP contribution >= 0.6 is 34.9 Å². The van der Waals surface area contributed by atoms with Gasteiger partial charge in [-0.05, 0) is 17.7 Å². The van der Waals surface area contributed by atoms with Gasteiger partial charge < -0.3 is 25.4 Å². The summed E-state index contributed by atoms with van der Waals surface area (Å²) in [6.45, 7) is 0. The predicted octanol–water partition coefficient (Wildman–Crippen LogP) is 0.981. The molecule has 2 aromatic rings. The molecule has 1 saturated heterocycles. The van der Waals surface area contributed by atoms with Crippen molar-refractivity contribution in [2.45, 2.75) is 11.4 Å². The van der Waals surface area contributed by atoms with Crippen LogP contribution in [-0.4, -0.2) is 73.6 Å². The zero-order valence-corrected chi connectivity index (χ0v) is 19.9. The van der Waals surface area contributed by atoms with Crippen LogP contribution in [-0.2, 0) is 19.2 Å². The van der Waals surface area contributed by atoms with Crippen molar-refractivity contribution >= 4 is 68.6 Å². The standard InChI is InChI=1S/C19H17N5O7S3/c1-30-23-11(9-7-34-19(20)21-9)14(25)22-12-15(26)24-13(17(27)28)8(5-32-16(12)24)6-33-18(29)10-3-2-4-31-10/h2-4,7,12,16H,5-6H2,1H3,(H2,20,21)(H,22,25)(H,27,28)/b23-11+. The Bertz CT molecular complexity index is 1210. The molecule has 2 aliphatic rings. The van der Waals surface area contributed by atoms with Crippen LogP contribution in [0.2, 0.25) is 0 Å². The summed E-state index contributed by atoms with van der Waals surface area (Å²) in [5.74, 6) is -2.08. The number of rotatable bonds is 8. The molecule has 2 amide bonds. The Hall–Kier alpha value is -3.30. The van der Waals surface area contributed by atoms with E-state index in [2.05, 4.69) is 15.5 Å². The van der Waals surface area contributed by atoms with Crippen molar-refractivity contribution in [3.8, 4) is 0 Å². The number of carboxylic acids is 1. The number of nitrogens with two attached hydrogens (primary N) is 1. The highest BCUT2D eigenvalue weighted by Gasteiger charge is 2.54. The predicted molar refractivity (Wildman–Crippen MR) is 125 cm³/mol. The van der Waals surface area contributed by atoms with E-state index >= 15 is 0 Å². The number of carbonyl (C=O) groups excluding carboxylic acids is 3. The first-order valence-corrected chi connectivity index (χ1v) is 12.5. The minimum Gasteiger partial charge on any atom is -0.477 e. The Morgan fingerprint density at radius 2 is 2.26 bits per heavy atom. The summed E-state index contributed by atoms with van der Waals surface area (Å²) in [7, 11) is 1.26. The first-order valence-electron chi connectivity index (χ1n) is 9.55. The van der Waals surface area contributed by atoms with Crippen LogP contribution in [0.1, 0.15) is 16.2 Å². The molecule has 2 unspecified atom stereocenters. The molecule has 2 aromatic heterocycles. The smallest absolute Gasteiger partial charge is 0.352 e. The molecule has 178 valence electrons. The van der Waals surface area contributed by atoms with Crippen molar-refractivity contribution in [1.29, 1.82) is 0 Å². The number of oxime groups is 1. The third kappa shape index (κ3) is 4.53. The molecular formula is C19H17N5O7S3. The van der Waals surface area contributed by atoms with Crippen LogP contribution in [0, 0.1) is 0 Å². The molecule has 1 fully saturated rings. The molecule has 2 aliphatic heterocycles. The Morgan fingerprint density at radius 3 is 2.88 bits per heavy atom. The van der Waals surface area contributed by atoms with Gasteiger partial charge in [0.25, 0.3) is 16.9 Å². The number of thioether (sulfide) groups is 2. The highest BCUT2D eigenvalue weighted by molar-refractivity contribution is 8.14. The van der Waals surface area contributed by atoms with Crippen LogP contribution < -0.4 is 11.1 Å². The molecule has 15 heteroatoms. The summed E-state index contributed by atoms with van der Waals surface area (Å²) in [6, 6.07) is 2.13. The number of β-lactam (4-membered cyclic amide) rings is 1. The average molecular weight is 524 g/mol. The molecule has 0 aliphatic carbocycles. The first kappa shape index (κ1) is 23.8. The van der Waals surface area contributed by atoms with E-state index in [0.29, 0.717) is 5.57 Å². The number of nitrogen functional groups attached to an aromatic ring is 1. The van der Waals surface area contributed by atoms with Gasteiger partial charge in [-0.2, -0.15) is 0 Å². The second kappa shape index (κ2) is 9.90. The van der Waals surface area contributed by atoms with Crippen molar-refractivity contribution in [1.82, 2.24) is 15.2 Å². The van der Waals surface area contributed by atoms with Gasteiger partial charge >= 0.3 is 5.97 Å². The van der Waals surface area contributed by atoms with E-state index < -0.39 is 29.2 Å². The zero-order valence-electron chi connectivity index (χ0n) is 17.4. The van der Waals surface area contributed by atoms with Gasteiger partial charge in [0.15, 0.2) is 16.6 Å². The molecule has 4 heterocycles.